The minimum absolute atomic E-state index is 0.0301. The zero-order chi connectivity index (χ0) is 11.5. The smallest absolute Gasteiger partial charge is 0.229 e. The molecule has 1 aliphatic heterocycles. The normalized spacial score (nSPS) is 19.8. The summed E-state index contributed by atoms with van der Waals surface area (Å²) in [5.41, 5.74) is 0.632. The first kappa shape index (κ1) is 11.9. The maximum Gasteiger partial charge on any atom is 0.229 e. The number of carbonyl (C=O) groups is 1. The van der Waals surface area contributed by atoms with E-state index < -0.39 is 0 Å². The van der Waals surface area contributed by atoms with Gasteiger partial charge in [-0.3, -0.25) is 4.79 Å². The Morgan fingerprint density at radius 2 is 2.38 bits per heavy atom. The van der Waals surface area contributed by atoms with Gasteiger partial charge in [0.05, 0.1) is 23.2 Å². The lowest BCUT2D eigenvalue weighted by molar-refractivity contribution is -0.119. The van der Waals surface area contributed by atoms with Crippen LogP contribution in [0.4, 0.5) is 5.69 Å². The van der Waals surface area contributed by atoms with Crippen molar-refractivity contribution in [2.75, 3.05) is 18.5 Å². The summed E-state index contributed by atoms with van der Waals surface area (Å²) in [5.74, 6) is -0.0902. The van der Waals surface area contributed by atoms with Crippen LogP contribution in [0.25, 0.3) is 0 Å². The van der Waals surface area contributed by atoms with Gasteiger partial charge in [-0.05, 0) is 24.6 Å². The third kappa shape index (κ3) is 2.75. The molecule has 16 heavy (non-hydrogen) atoms. The van der Waals surface area contributed by atoms with Crippen LogP contribution >= 0.6 is 27.5 Å². The molecule has 0 spiro atoms. The molecule has 1 unspecified atom stereocenters. The van der Waals surface area contributed by atoms with Crippen molar-refractivity contribution in [3.8, 4) is 0 Å². The Balaban J connectivity index is 2.07. The van der Waals surface area contributed by atoms with Gasteiger partial charge in [0.1, 0.15) is 0 Å². The number of carbonyl (C=O) groups excluding carboxylic acids is 1. The molecule has 0 aromatic heterocycles. The fourth-order valence-corrected chi connectivity index (χ4v) is 2.10. The van der Waals surface area contributed by atoms with Crippen molar-refractivity contribution >= 4 is 39.1 Å². The van der Waals surface area contributed by atoms with Crippen LogP contribution in [0, 0.1) is 5.92 Å². The van der Waals surface area contributed by atoms with Crippen LogP contribution in [0.5, 0.6) is 0 Å². The second-order valence-electron chi connectivity index (χ2n) is 3.67. The standard InChI is InChI=1S/C11H11BrClNO2/c12-8-1-2-9(13)10(5-8)14-11(15)7-3-4-16-6-7/h1-2,5,7H,3-4,6H2,(H,14,15). The van der Waals surface area contributed by atoms with E-state index in [1.165, 1.54) is 0 Å². The van der Waals surface area contributed by atoms with Crippen LogP contribution in [0.2, 0.25) is 5.02 Å². The highest BCUT2D eigenvalue weighted by Crippen LogP contribution is 2.26. The van der Waals surface area contributed by atoms with Crippen molar-refractivity contribution < 1.29 is 9.53 Å². The van der Waals surface area contributed by atoms with E-state index in [0.717, 1.165) is 10.9 Å². The molecule has 1 aromatic rings. The fourth-order valence-electron chi connectivity index (χ4n) is 1.57. The lowest BCUT2D eigenvalue weighted by Gasteiger charge is -2.10. The first-order chi connectivity index (χ1) is 7.66. The van der Waals surface area contributed by atoms with Gasteiger partial charge in [0.2, 0.25) is 5.91 Å². The van der Waals surface area contributed by atoms with E-state index in [2.05, 4.69) is 21.2 Å². The van der Waals surface area contributed by atoms with E-state index >= 15 is 0 Å². The lowest BCUT2D eigenvalue weighted by atomic mass is 10.1. The highest BCUT2D eigenvalue weighted by molar-refractivity contribution is 9.10. The predicted molar refractivity (Wildman–Crippen MR) is 66.7 cm³/mol. The minimum atomic E-state index is -0.0601. The van der Waals surface area contributed by atoms with Gasteiger partial charge in [0, 0.05) is 11.1 Å². The van der Waals surface area contributed by atoms with Crippen LogP contribution < -0.4 is 5.32 Å². The summed E-state index contributed by atoms with van der Waals surface area (Å²) in [5, 5.41) is 3.35. The van der Waals surface area contributed by atoms with Crippen LogP contribution in [0.3, 0.4) is 0 Å². The van der Waals surface area contributed by atoms with Crippen molar-refractivity contribution in [1.82, 2.24) is 0 Å². The molecule has 1 fully saturated rings. The number of hydrogen-bond donors (Lipinski definition) is 1. The number of halogens is 2. The van der Waals surface area contributed by atoms with Crippen LogP contribution in [0.15, 0.2) is 22.7 Å². The summed E-state index contributed by atoms with van der Waals surface area (Å²) in [6.07, 6.45) is 0.775. The Bertz CT molecular complexity index is 405. The molecule has 0 radical (unpaired) electrons. The first-order valence-electron chi connectivity index (χ1n) is 5.00. The Kier molecular flexibility index (Phi) is 3.84. The van der Waals surface area contributed by atoms with Crippen LogP contribution in [-0.4, -0.2) is 19.1 Å². The number of benzene rings is 1. The average molecular weight is 305 g/mol. The second-order valence-corrected chi connectivity index (χ2v) is 5.00. The number of ether oxygens (including phenoxy) is 1. The summed E-state index contributed by atoms with van der Waals surface area (Å²) in [4.78, 5) is 11.8. The van der Waals surface area contributed by atoms with Gasteiger partial charge in [-0.15, -0.1) is 0 Å². The summed E-state index contributed by atoms with van der Waals surface area (Å²) in [6, 6.07) is 5.36. The van der Waals surface area contributed by atoms with Gasteiger partial charge in [0.15, 0.2) is 0 Å². The molecule has 1 atom stereocenters. The average Bonchev–Trinajstić information content (AvgIpc) is 2.76. The summed E-state index contributed by atoms with van der Waals surface area (Å²) >= 11 is 9.32. The maximum atomic E-state index is 11.8. The molecule has 1 N–H and O–H groups in total. The van der Waals surface area contributed by atoms with Crippen molar-refractivity contribution in [2.45, 2.75) is 6.42 Å². The van der Waals surface area contributed by atoms with Gasteiger partial charge in [-0.2, -0.15) is 0 Å². The van der Waals surface area contributed by atoms with Gasteiger partial charge >= 0.3 is 0 Å². The second kappa shape index (κ2) is 5.17. The maximum absolute atomic E-state index is 11.8. The molecule has 3 nitrogen and oxygen atoms in total. The van der Waals surface area contributed by atoms with E-state index in [0.29, 0.717) is 23.9 Å². The van der Waals surface area contributed by atoms with Crippen molar-refractivity contribution in [3.05, 3.63) is 27.7 Å². The Labute approximate surface area is 107 Å². The van der Waals surface area contributed by atoms with Crippen molar-refractivity contribution in [3.63, 3.8) is 0 Å². The van der Waals surface area contributed by atoms with Gasteiger partial charge < -0.3 is 10.1 Å². The van der Waals surface area contributed by atoms with Gasteiger partial charge in [-0.1, -0.05) is 27.5 Å². The Morgan fingerprint density at radius 1 is 1.56 bits per heavy atom. The van der Waals surface area contributed by atoms with E-state index in [4.69, 9.17) is 16.3 Å². The molecule has 86 valence electrons. The van der Waals surface area contributed by atoms with E-state index in [1.54, 1.807) is 12.1 Å². The number of rotatable bonds is 2. The molecule has 1 aromatic carbocycles. The molecular formula is C11H11BrClNO2. The van der Waals surface area contributed by atoms with E-state index in [9.17, 15) is 4.79 Å². The monoisotopic (exact) mass is 303 g/mol. The Morgan fingerprint density at radius 3 is 3.06 bits per heavy atom. The largest absolute Gasteiger partial charge is 0.381 e. The molecule has 1 saturated heterocycles. The quantitative estimate of drug-likeness (QED) is 0.912. The molecule has 1 aliphatic rings. The summed E-state index contributed by atoms with van der Waals surface area (Å²) in [6.45, 7) is 1.15. The number of nitrogens with one attached hydrogen (secondary N) is 1. The lowest BCUT2D eigenvalue weighted by Crippen LogP contribution is -2.22. The fraction of sp³-hybridized carbons (Fsp3) is 0.364. The SMILES string of the molecule is O=C(Nc1cc(Br)ccc1Cl)C1CCOC1. The van der Waals surface area contributed by atoms with Gasteiger partial charge in [-0.25, -0.2) is 0 Å². The number of amides is 1. The third-order valence-electron chi connectivity index (χ3n) is 2.49. The predicted octanol–water partition coefficient (Wildman–Crippen LogP) is 3.08. The molecule has 0 bridgehead atoms. The van der Waals surface area contributed by atoms with Crippen molar-refractivity contribution in [1.29, 1.82) is 0 Å². The molecular weight excluding hydrogens is 293 g/mol. The molecule has 1 heterocycles. The third-order valence-corrected chi connectivity index (χ3v) is 3.31. The number of hydrogen-bond acceptors (Lipinski definition) is 2. The van der Waals surface area contributed by atoms with Crippen LogP contribution in [-0.2, 0) is 9.53 Å². The van der Waals surface area contributed by atoms with Crippen molar-refractivity contribution in [2.24, 2.45) is 5.92 Å². The number of anilines is 1. The molecule has 5 heteroatoms. The van der Waals surface area contributed by atoms with Gasteiger partial charge in [0.25, 0.3) is 0 Å². The topological polar surface area (TPSA) is 38.3 Å². The highest BCUT2D eigenvalue weighted by Gasteiger charge is 2.23. The minimum Gasteiger partial charge on any atom is -0.381 e. The first-order valence-corrected chi connectivity index (χ1v) is 6.17. The molecule has 1 amide bonds. The zero-order valence-electron chi connectivity index (χ0n) is 8.50. The molecule has 0 saturated carbocycles. The van der Waals surface area contributed by atoms with Crippen LogP contribution in [0.1, 0.15) is 6.42 Å². The summed E-state index contributed by atoms with van der Waals surface area (Å²) in [7, 11) is 0. The van der Waals surface area contributed by atoms with E-state index in [-0.39, 0.29) is 11.8 Å². The van der Waals surface area contributed by atoms with E-state index in [1.807, 2.05) is 6.07 Å². The zero-order valence-corrected chi connectivity index (χ0v) is 10.8. The Hall–Kier alpha value is -0.580. The molecule has 2 rings (SSSR count). The summed E-state index contributed by atoms with van der Waals surface area (Å²) < 4.78 is 6.05. The highest BCUT2D eigenvalue weighted by atomic mass is 79.9. The molecule has 0 aliphatic carbocycles.